The molecule has 0 unspecified atom stereocenters. The smallest absolute Gasteiger partial charge is 0.107 e. The van der Waals surface area contributed by atoms with E-state index in [4.69, 9.17) is 4.98 Å². The molecule has 1 atom stereocenters. The van der Waals surface area contributed by atoms with Gasteiger partial charge < -0.3 is 4.98 Å². The van der Waals surface area contributed by atoms with Gasteiger partial charge in [-0.3, -0.25) is 9.88 Å². The van der Waals surface area contributed by atoms with Crippen molar-refractivity contribution < 1.29 is 0 Å². The Morgan fingerprint density at radius 1 is 1.17 bits per heavy atom. The second-order valence-corrected chi connectivity index (χ2v) is 6.51. The molecule has 1 saturated heterocycles. The Kier molecular flexibility index (Phi) is 4.07. The standard InChI is InChI=1S/C19H22N4/c1-2-8-18-17(7-1)21-19(22-18)11-15-6-4-10-23(13-15)14-16-5-3-9-20-12-16/h1-3,5,7-9,12,15H,4,6,10-11,13-14H2,(H,21,22)/t15-/m0/s1. The summed E-state index contributed by atoms with van der Waals surface area (Å²) in [6.45, 7) is 3.34. The van der Waals surface area contributed by atoms with Crippen LogP contribution in [0.4, 0.5) is 0 Å². The maximum Gasteiger partial charge on any atom is 0.107 e. The fourth-order valence-corrected chi connectivity index (χ4v) is 3.59. The lowest BCUT2D eigenvalue weighted by atomic mass is 9.94. The number of nitrogens with one attached hydrogen (secondary N) is 1. The predicted molar refractivity (Wildman–Crippen MR) is 92.0 cm³/mol. The number of imidazole rings is 1. The topological polar surface area (TPSA) is 44.8 Å². The van der Waals surface area contributed by atoms with Gasteiger partial charge in [0.15, 0.2) is 0 Å². The fourth-order valence-electron chi connectivity index (χ4n) is 3.59. The van der Waals surface area contributed by atoms with Gasteiger partial charge in [0.2, 0.25) is 0 Å². The summed E-state index contributed by atoms with van der Waals surface area (Å²) in [5.74, 6) is 1.81. The zero-order valence-electron chi connectivity index (χ0n) is 13.3. The molecule has 0 bridgehead atoms. The number of H-pyrrole nitrogens is 1. The Morgan fingerprint density at radius 2 is 2.13 bits per heavy atom. The first kappa shape index (κ1) is 14.4. The van der Waals surface area contributed by atoms with Crippen LogP contribution in [0, 0.1) is 5.92 Å². The summed E-state index contributed by atoms with van der Waals surface area (Å²) in [4.78, 5) is 15.0. The molecule has 1 aromatic carbocycles. The molecule has 4 heteroatoms. The van der Waals surface area contributed by atoms with Crippen LogP contribution >= 0.6 is 0 Å². The van der Waals surface area contributed by atoms with Gasteiger partial charge in [0.25, 0.3) is 0 Å². The molecule has 0 radical (unpaired) electrons. The highest BCUT2D eigenvalue weighted by Gasteiger charge is 2.21. The van der Waals surface area contributed by atoms with E-state index in [9.17, 15) is 0 Å². The lowest BCUT2D eigenvalue weighted by Crippen LogP contribution is -2.35. The number of benzene rings is 1. The average Bonchev–Trinajstić information content (AvgIpc) is 2.98. The molecule has 1 aliphatic heterocycles. The van der Waals surface area contributed by atoms with Gasteiger partial charge in [-0.15, -0.1) is 0 Å². The number of piperidine rings is 1. The normalized spacial score (nSPS) is 19.2. The third kappa shape index (κ3) is 3.42. The molecule has 0 amide bonds. The molecule has 1 aliphatic rings. The first-order chi connectivity index (χ1) is 11.4. The van der Waals surface area contributed by atoms with E-state index in [2.05, 4.69) is 39.1 Å². The van der Waals surface area contributed by atoms with E-state index in [1.54, 1.807) is 0 Å². The monoisotopic (exact) mass is 306 g/mol. The average molecular weight is 306 g/mol. The number of likely N-dealkylation sites (tertiary alicyclic amines) is 1. The van der Waals surface area contributed by atoms with E-state index in [0.29, 0.717) is 5.92 Å². The van der Waals surface area contributed by atoms with Crippen molar-refractivity contribution in [3.8, 4) is 0 Å². The van der Waals surface area contributed by atoms with Gasteiger partial charge in [0, 0.05) is 31.9 Å². The van der Waals surface area contributed by atoms with Gasteiger partial charge in [-0.05, 0) is 49.1 Å². The van der Waals surface area contributed by atoms with Crippen LogP contribution in [0.15, 0.2) is 48.8 Å². The highest BCUT2D eigenvalue weighted by atomic mass is 15.1. The summed E-state index contributed by atoms with van der Waals surface area (Å²) < 4.78 is 0. The Hall–Kier alpha value is -2.20. The SMILES string of the molecule is c1cncc(CN2CCC[C@@H](Cc3nc4ccccc4[nH]3)C2)c1. The van der Waals surface area contributed by atoms with E-state index in [-0.39, 0.29) is 0 Å². The summed E-state index contributed by atoms with van der Waals surface area (Å²) in [6, 6.07) is 12.5. The van der Waals surface area contributed by atoms with Gasteiger partial charge in [-0.25, -0.2) is 4.98 Å². The summed E-state index contributed by atoms with van der Waals surface area (Å²) in [6.07, 6.45) is 7.41. The van der Waals surface area contributed by atoms with Gasteiger partial charge in [-0.1, -0.05) is 18.2 Å². The summed E-state index contributed by atoms with van der Waals surface area (Å²) >= 11 is 0. The lowest BCUT2D eigenvalue weighted by molar-refractivity contribution is 0.166. The first-order valence-electron chi connectivity index (χ1n) is 8.42. The molecule has 1 N–H and O–H groups in total. The minimum absolute atomic E-state index is 0.681. The van der Waals surface area contributed by atoms with E-state index >= 15 is 0 Å². The molecule has 4 nitrogen and oxygen atoms in total. The van der Waals surface area contributed by atoms with Crippen molar-refractivity contribution in [2.75, 3.05) is 13.1 Å². The summed E-state index contributed by atoms with van der Waals surface area (Å²) in [5.41, 5.74) is 3.52. The van der Waals surface area contributed by atoms with Gasteiger partial charge in [-0.2, -0.15) is 0 Å². The van der Waals surface area contributed by atoms with E-state index in [1.807, 2.05) is 24.5 Å². The van der Waals surface area contributed by atoms with Crippen LogP contribution in [-0.2, 0) is 13.0 Å². The van der Waals surface area contributed by atoms with E-state index < -0.39 is 0 Å². The van der Waals surface area contributed by atoms with Gasteiger partial charge in [0.05, 0.1) is 11.0 Å². The zero-order chi connectivity index (χ0) is 15.5. The van der Waals surface area contributed by atoms with Crippen LogP contribution in [0.1, 0.15) is 24.2 Å². The number of aromatic amines is 1. The number of hydrogen-bond acceptors (Lipinski definition) is 3. The van der Waals surface area contributed by atoms with Crippen LogP contribution in [-0.4, -0.2) is 32.9 Å². The number of fused-ring (bicyclic) bond motifs is 1. The number of pyridine rings is 1. The van der Waals surface area contributed by atoms with Gasteiger partial charge in [0.1, 0.15) is 5.82 Å². The Morgan fingerprint density at radius 3 is 3.00 bits per heavy atom. The molecule has 1 fully saturated rings. The number of para-hydroxylation sites is 2. The third-order valence-electron chi connectivity index (χ3n) is 4.65. The molecule has 0 saturated carbocycles. The van der Waals surface area contributed by atoms with Crippen LogP contribution in [0.25, 0.3) is 11.0 Å². The van der Waals surface area contributed by atoms with Crippen molar-refractivity contribution in [1.29, 1.82) is 0 Å². The summed E-state index contributed by atoms with van der Waals surface area (Å²) in [7, 11) is 0. The number of rotatable bonds is 4. The highest BCUT2D eigenvalue weighted by molar-refractivity contribution is 5.74. The Balaban J connectivity index is 1.41. The quantitative estimate of drug-likeness (QED) is 0.803. The van der Waals surface area contributed by atoms with Crippen molar-refractivity contribution in [3.05, 3.63) is 60.2 Å². The van der Waals surface area contributed by atoms with Gasteiger partial charge >= 0.3 is 0 Å². The van der Waals surface area contributed by atoms with Crippen LogP contribution in [0.3, 0.4) is 0 Å². The molecule has 4 rings (SSSR count). The number of aromatic nitrogens is 3. The zero-order valence-corrected chi connectivity index (χ0v) is 13.3. The van der Waals surface area contributed by atoms with E-state index in [0.717, 1.165) is 36.4 Å². The Labute approximate surface area is 136 Å². The molecule has 0 aliphatic carbocycles. The third-order valence-corrected chi connectivity index (χ3v) is 4.65. The maximum atomic E-state index is 4.73. The van der Waals surface area contributed by atoms with Crippen molar-refractivity contribution in [3.63, 3.8) is 0 Å². The second kappa shape index (κ2) is 6.50. The van der Waals surface area contributed by atoms with Crippen molar-refractivity contribution in [1.82, 2.24) is 19.9 Å². The predicted octanol–water partition coefficient (Wildman–Crippen LogP) is 3.41. The molecule has 3 aromatic rings. The largest absolute Gasteiger partial charge is 0.342 e. The Bertz CT molecular complexity index is 732. The molecular weight excluding hydrogens is 284 g/mol. The second-order valence-electron chi connectivity index (χ2n) is 6.51. The fraction of sp³-hybridized carbons (Fsp3) is 0.368. The van der Waals surface area contributed by atoms with E-state index in [1.165, 1.54) is 24.9 Å². The highest BCUT2D eigenvalue weighted by Crippen LogP contribution is 2.22. The van der Waals surface area contributed by atoms with Crippen LogP contribution < -0.4 is 0 Å². The molecule has 23 heavy (non-hydrogen) atoms. The van der Waals surface area contributed by atoms with Crippen LogP contribution in [0.5, 0.6) is 0 Å². The molecule has 3 heterocycles. The molecule has 2 aromatic heterocycles. The molecule has 0 spiro atoms. The minimum atomic E-state index is 0.681. The first-order valence-corrected chi connectivity index (χ1v) is 8.42. The lowest BCUT2D eigenvalue weighted by Gasteiger charge is -2.32. The maximum absolute atomic E-state index is 4.73. The number of nitrogens with zero attached hydrogens (tertiary/aromatic N) is 3. The molecule has 118 valence electrons. The van der Waals surface area contributed by atoms with Crippen molar-refractivity contribution in [2.45, 2.75) is 25.8 Å². The summed E-state index contributed by atoms with van der Waals surface area (Å²) in [5, 5.41) is 0. The molecular formula is C19H22N4. The van der Waals surface area contributed by atoms with Crippen LogP contribution in [0.2, 0.25) is 0 Å². The minimum Gasteiger partial charge on any atom is -0.342 e. The van der Waals surface area contributed by atoms with Crippen molar-refractivity contribution in [2.24, 2.45) is 5.92 Å². The number of hydrogen-bond donors (Lipinski definition) is 1. The van der Waals surface area contributed by atoms with Crippen molar-refractivity contribution >= 4 is 11.0 Å².